The van der Waals surface area contributed by atoms with Crippen molar-refractivity contribution in [3.63, 3.8) is 0 Å². The summed E-state index contributed by atoms with van der Waals surface area (Å²) in [7, 11) is 0. The minimum Gasteiger partial charge on any atom is -0.334 e. The fraction of sp³-hybridized carbons (Fsp3) is 0. The molecule has 6 heteroatoms. The number of hydrogen-bond donors (Lipinski definition) is 1. The van der Waals surface area contributed by atoms with E-state index in [0.717, 1.165) is 12.1 Å². The van der Waals surface area contributed by atoms with E-state index in [1.165, 1.54) is 18.2 Å². The van der Waals surface area contributed by atoms with Crippen molar-refractivity contribution in [2.24, 2.45) is 0 Å². The fourth-order valence-electron chi connectivity index (χ4n) is 1.13. The molecular formula is C10H6ClF2N3. The highest BCUT2D eigenvalue weighted by atomic mass is 35.5. The molecule has 1 aromatic carbocycles. The average Bonchev–Trinajstić information content (AvgIpc) is 2.26. The Hall–Kier alpha value is -1.75. The van der Waals surface area contributed by atoms with Crippen molar-refractivity contribution < 1.29 is 8.78 Å². The maximum atomic E-state index is 13.2. The molecule has 3 nitrogen and oxygen atoms in total. The van der Waals surface area contributed by atoms with Crippen LogP contribution in [0, 0.1) is 11.6 Å². The van der Waals surface area contributed by atoms with E-state index < -0.39 is 11.6 Å². The zero-order valence-electron chi connectivity index (χ0n) is 7.92. The molecule has 0 radical (unpaired) electrons. The van der Waals surface area contributed by atoms with Crippen LogP contribution in [0.4, 0.5) is 20.3 Å². The zero-order valence-corrected chi connectivity index (χ0v) is 8.67. The molecule has 0 aliphatic rings. The first-order valence-corrected chi connectivity index (χ1v) is 4.75. The minimum atomic E-state index is -0.697. The molecule has 1 aromatic heterocycles. The van der Waals surface area contributed by atoms with Crippen LogP contribution < -0.4 is 5.32 Å². The van der Waals surface area contributed by atoms with Crippen LogP contribution in [-0.4, -0.2) is 10.2 Å². The topological polar surface area (TPSA) is 37.8 Å². The molecule has 2 aromatic rings. The van der Waals surface area contributed by atoms with Crippen LogP contribution >= 0.6 is 11.6 Å². The first-order chi connectivity index (χ1) is 7.66. The summed E-state index contributed by atoms with van der Waals surface area (Å²) >= 11 is 5.53. The van der Waals surface area contributed by atoms with Crippen molar-refractivity contribution in [2.75, 3.05) is 5.32 Å². The van der Waals surface area contributed by atoms with Gasteiger partial charge in [-0.3, -0.25) is 0 Å². The number of rotatable bonds is 2. The summed E-state index contributed by atoms with van der Waals surface area (Å²) in [6.45, 7) is 0. The smallest absolute Gasteiger partial charge is 0.153 e. The van der Waals surface area contributed by atoms with Crippen molar-refractivity contribution in [3.05, 3.63) is 47.1 Å². The molecule has 1 heterocycles. The van der Waals surface area contributed by atoms with E-state index in [1.54, 1.807) is 0 Å². The Bertz CT molecular complexity index is 482. The van der Waals surface area contributed by atoms with Gasteiger partial charge in [-0.2, -0.15) is 0 Å². The van der Waals surface area contributed by atoms with Gasteiger partial charge in [0, 0.05) is 0 Å². The van der Waals surface area contributed by atoms with Crippen LogP contribution in [-0.2, 0) is 0 Å². The van der Waals surface area contributed by atoms with Crippen LogP contribution in [0.5, 0.6) is 0 Å². The first-order valence-electron chi connectivity index (χ1n) is 4.37. The van der Waals surface area contributed by atoms with Gasteiger partial charge >= 0.3 is 0 Å². The van der Waals surface area contributed by atoms with Crippen LogP contribution in [0.3, 0.4) is 0 Å². The molecule has 0 saturated carbocycles. The van der Waals surface area contributed by atoms with Crippen molar-refractivity contribution in [1.29, 1.82) is 0 Å². The molecule has 0 unspecified atom stereocenters. The number of benzene rings is 1. The second kappa shape index (κ2) is 4.40. The SMILES string of the molecule is Fc1cccc(F)c1Nc1ccc(Cl)nn1. The molecular weight excluding hydrogens is 236 g/mol. The molecule has 2 rings (SSSR count). The van der Waals surface area contributed by atoms with Gasteiger partial charge in [-0.1, -0.05) is 17.7 Å². The summed E-state index contributed by atoms with van der Waals surface area (Å²) in [5, 5.41) is 9.87. The Morgan fingerprint density at radius 3 is 2.25 bits per heavy atom. The van der Waals surface area contributed by atoms with E-state index >= 15 is 0 Å². The molecule has 0 aliphatic carbocycles. The quantitative estimate of drug-likeness (QED) is 0.878. The van der Waals surface area contributed by atoms with Crippen molar-refractivity contribution in [3.8, 4) is 0 Å². The molecule has 0 amide bonds. The Labute approximate surface area is 95.1 Å². The highest BCUT2D eigenvalue weighted by Crippen LogP contribution is 2.21. The summed E-state index contributed by atoms with van der Waals surface area (Å²) in [6, 6.07) is 6.52. The number of para-hydroxylation sites is 1. The maximum Gasteiger partial charge on any atom is 0.153 e. The lowest BCUT2D eigenvalue weighted by molar-refractivity contribution is 0.590. The predicted molar refractivity (Wildman–Crippen MR) is 56.7 cm³/mol. The van der Waals surface area contributed by atoms with Gasteiger partial charge in [0.05, 0.1) is 0 Å². The van der Waals surface area contributed by atoms with Gasteiger partial charge in [0.15, 0.2) is 11.0 Å². The summed E-state index contributed by atoms with van der Waals surface area (Å²) < 4.78 is 26.5. The van der Waals surface area contributed by atoms with E-state index in [4.69, 9.17) is 11.6 Å². The van der Waals surface area contributed by atoms with Gasteiger partial charge in [-0.15, -0.1) is 10.2 Å². The number of nitrogens with zero attached hydrogens (tertiary/aromatic N) is 2. The molecule has 16 heavy (non-hydrogen) atoms. The third-order valence-electron chi connectivity index (χ3n) is 1.85. The van der Waals surface area contributed by atoms with Gasteiger partial charge in [-0.25, -0.2) is 8.78 Å². The molecule has 82 valence electrons. The summed E-state index contributed by atoms with van der Waals surface area (Å²) in [4.78, 5) is 0. The number of nitrogens with one attached hydrogen (secondary N) is 1. The number of halogens is 3. The van der Waals surface area contributed by atoms with Crippen LogP contribution in [0.15, 0.2) is 30.3 Å². The van der Waals surface area contributed by atoms with E-state index in [-0.39, 0.29) is 16.7 Å². The number of hydrogen-bond acceptors (Lipinski definition) is 3. The van der Waals surface area contributed by atoms with E-state index in [2.05, 4.69) is 15.5 Å². The Morgan fingerprint density at radius 1 is 1.00 bits per heavy atom. The van der Waals surface area contributed by atoms with Crippen molar-refractivity contribution >= 4 is 23.1 Å². The number of anilines is 2. The van der Waals surface area contributed by atoms with E-state index in [0.29, 0.717) is 0 Å². The van der Waals surface area contributed by atoms with Gasteiger partial charge in [0.2, 0.25) is 0 Å². The average molecular weight is 242 g/mol. The van der Waals surface area contributed by atoms with E-state index in [9.17, 15) is 8.78 Å². The lowest BCUT2D eigenvalue weighted by Crippen LogP contribution is -1.99. The normalized spacial score (nSPS) is 10.2. The Balaban J connectivity index is 2.30. The maximum absolute atomic E-state index is 13.2. The molecule has 0 saturated heterocycles. The molecule has 0 bridgehead atoms. The van der Waals surface area contributed by atoms with Crippen molar-refractivity contribution in [1.82, 2.24) is 10.2 Å². The van der Waals surface area contributed by atoms with Crippen LogP contribution in [0.25, 0.3) is 0 Å². The first kappa shape index (κ1) is 10.8. The van der Waals surface area contributed by atoms with Gasteiger partial charge < -0.3 is 5.32 Å². The molecule has 0 spiro atoms. The number of aromatic nitrogens is 2. The Kier molecular flexibility index (Phi) is 2.96. The standard InChI is InChI=1S/C10H6ClF2N3/c11-8-4-5-9(16-15-8)14-10-6(12)2-1-3-7(10)13/h1-5H,(H,14,16). The second-order valence-corrected chi connectivity index (χ2v) is 3.35. The lowest BCUT2D eigenvalue weighted by atomic mass is 10.3. The monoisotopic (exact) mass is 241 g/mol. The van der Waals surface area contributed by atoms with Crippen molar-refractivity contribution in [2.45, 2.75) is 0 Å². The lowest BCUT2D eigenvalue weighted by Gasteiger charge is -2.06. The summed E-state index contributed by atoms with van der Waals surface area (Å²) in [5.41, 5.74) is -0.265. The third kappa shape index (κ3) is 2.25. The highest BCUT2D eigenvalue weighted by molar-refractivity contribution is 6.29. The third-order valence-corrected chi connectivity index (χ3v) is 2.05. The minimum absolute atomic E-state index is 0.208. The predicted octanol–water partition coefficient (Wildman–Crippen LogP) is 3.15. The van der Waals surface area contributed by atoms with Crippen LogP contribution in [0.1, 0.15) is 0 Å². The molecule has 0 fully saturated rings. The Morgan fingerprint density at radius 2 is 1.69 bits per heavy atom. The summed E-state index contributed by atoms with van der Waals surface area (Å²) in [5.74, 6) is -1.18. The van der Waals surface area contributed by atoms with Crippen LogP contribution in [0.2, 0.25) is 5.15 Å². The largest absolute Gasteiger partial charge is 0.334 e. The van der Waals surface area contributed by atoms with Gasteiger partial charge in [-0.05, 0) is 24.3 Å². The second-order valence-electron chi connectivity index (χ2n) is 2.96. The van der Waals surface area contributed by atoms with E-state index in [1.807, 2.05) is 0 Å². The highest BCUT2D eigenvalue weighted by Gasteiger charge is 2.08. The molecule has 0 atom stereocenters. The summed E-state index contributed by atoms with van der Waals surface area (Å²) in [6.07, 6.45) is 0. The molecule has 0 aliphatic heterocycles. The zero-order chi connectivity index (χ0) is 11.5. The van der Waals surface area contributed by atoms with Gasteiger partial charge in [0.1, 0.15) is 17.3 Å². The van der Waals surface area contributed by atoms with Gasteiger partial charge in [0.25, 0.3) is 0 Å². The molecule has 1 N–H and O–H groups in total. The fourth-order valence-corrected chi connectivity index (χ4v) is 1.23.